The van der Waals surface area contributed by atoms with E-state index < -0.39 is 0 Å². The van der Waals surface area contributed by atoms with Gasteiger partial charge in [-0.25, -0.2) is 0 Å². The molecule has 2 unspecified atom stereocenters. The molecule has 84 valence electrons. The lowest BCUT2D eigenvalue weighted by molar-refractivity contribution is 0.0435. The minimum atomic E-state index is -0.0760. The van der Waals surface area contributed by atoms with Crippen LogP contribution in [0.2, 0.25) is 0 Å². The van der Waals surface area contributed by atoms with E-state index in [1.165, 1.54) is 0 Å². The first-order valence-corrected chi connectivity index (χ1v) is 5.00. The zero-order chi connectivity index (χ0) is 10.7. The van der Waals surface area contributed by atoms with Crippen LogP contribution >= 0.6 is 0 Å². The first kappa shape index (κ1) is 10.5. The second-order valence-corrected chi connectivity index (χ2v) is 3.54. The third-order valence-electron chi connectivity index (χ3n) is 2.41. The standard InChI is InChI=1S/C9H15N3O3/c1-13-5-8-11-9(12-15-8)7-3-2-6(4-10)14-7/h6-7H,2-5,10H2,1H3. The van der Waals surface area contributed by atoms with Gasteiger partial charge in [-0.05, 0) is 12.8 Å². The molecule has 0 saturated carbocycles. The molecule has 1 aromatic rings. The maximum atomic E-state index is 5.64. The summed E-state index contributed by atoms with van der Waals surface area (Å²) in [7, 11) is 1.58. The number of hydrogen-bond donors (Lipinski definition) is 1. The number of aromatic nitrogens is 2. The lowest BCUT2D eigenvalue weighted by Crippen LogP contribution is -2.19. The van der Waals surface area contributed by atoms with E-state index in [9.17, 15) is 0 Å². The highest BCUT2D eigenvalue weighted by atomic mass is 16.5. The van der Waals surface area contributed by atoms with Gasteiger partial charge in [-0.15, -0.1) is 0 Å². The van der Waals surface area contributed by atoms with Gasteiger partial charge in [-0.1, -0.05) is 5.16 Å². The van der Waals surface area contributed by atoms with Crippen molar-refractivity contribution in [3.8, 4) is 0 Å². The highest BCUT2D eigenvalue weighted by molar-refractivity contribution is 4.94. The van der Waals surface area contributed by atoms with Gasteiger partial charge in [0.2, 0.25) is 5.82 Å². The van der Waals surface area contributed by atoms with Gasteiger partial charge in [0.05, 0.1) is 6.10 Å². The fourth-order valence-electron chi connectivity index (χ4n) is 1.65. The van der Waals surface area contributed by atoms with Crippen molar-refractivity contribution >= 4 is 0 Å². The highest BCUT2D eigenvalue weighted by Gasteiger charge is 2.29. The molecule has 0 aromatic carbocycles. The van der Waals surface area contributed by atoms with Crippen molar-refractivity contribution < 1.29 is 14.0 Å². The van der Waals surface area contributed by atoms with Crippen LogP contribution in [0.15, 0.2) is 4.52 Å². The Bertz CT molecular complexity index is 315. The van der Waals surface area contributed by atoms with Crippen molar-refractivity contribution in [3.05, 3.63) is 11.7 Å². The van der Waals surface area contributed by atoms with E-state index in [1.807, 2.05) is 0 Å². The van der Waals surface area contributed by atoms with Crippen molar-refractivity contribution in [1.29, 1.82) is 0 Å². The van der Waals surface area contributed by atoms with Gasteiger partial charge in [-0.2, -0.15) is 4.98 Å². The quantitative estimate of drug-likeness (QED) is 0.779. The number of ether oxygens (including phenoxy) is 2. The number of hydrogen-bond acceptors (Lipinski definition) is 6. The molecule has 0 radical (unpaired) electrons. The van der Waals surface area contributed by atoms with E-state index in [2.05, 4.69) is 10.1 Å². The molecule has 1 aromatic heterocycles. The Hall–Kier alpha value is -0.980. The summed E-state index contributed by atoms with van der Waals surface area (Å²) >= 11 is 0. The average molecular weight is 213 g/mol. The van der Waals surface area contributed by atoms with Crippen LogP contribution in [0.4, 0.5) is 0 Å². The van der Waals surface area contributed by atoms with Crippen LogP contribution in [0.3, 0.4) is 0 Å². The Labute approximate surface area is 87.7 Å². The van der Waals surface area contributed by atoms with Crippen LogP contribution in [0.5, 0.6) is 0 Å². The van der Waals surface area contributed by atoms with Crippen LogP contribution in [-0.4, -0.2) is 29.9 Å². The van der Waals surface area contributed by atoms with Gasteiger partial charge in [0, 0.05) is 13.7 Å². The Morgan fingerprint density at radius 2 is 2.40 bits per heavy atom. The molecule has 15 heavy (non-hydrogen) atoms. The molecule has 0 bridgehead atoms. The number of rotatable bonds is 4. The molecular weight excluding hydrogens is 198 g/mol. The summed E-state index contributed by atoms with van der Waals surface area (Å²) in [4.78, 5) is 4.18. The van der Waals surface area contributed by atoms with Gasteiger partial charge >= 0.3 is 0 Å². The smallest absolute Gasteiger partial charge is 0.252 e. The topological polar surface area (TPSA) is 83.4 Å². The third kappa shape index (κ3) is 2.34. The predicted molar refractivity (Wildman–Crippen MR) is 50.9 cm³/mol. The van der Waals surface area contributed by atoms with Crippen LogP contribution in [0, 0.1) is 0 Å². The molecule has 0 amide bonds. The maximum absolute atomic E-state index is 5.64. The minimum Gasteiger partial charge on any atom is -0.375 e. The summed E-state index contributed by atoms with van der Waals surface area (Å²) in [5.41, 5.74) is 5.52. The van der Waals surface area contributed by atoms with Gasteiger partial charge < -0.3 is 19.7 Å². The molecule has 1 saturated heterocycles. The second kappa shape index (κ2) is 4.69. The summed E-state index contributed by atoms with van der Waals surface area (Å²) in [6, 6.07) is 0. The Morgan fingerprint density at radius 3 is 3.07 bits per heavy atom. The normalized spacial score (nSPS) is 26.0. The lowest BCUT2D eigenvalue weighted by Gasteiger charge is -2.07. The van der Waals surface area contributed by atoms with Gasteiger partial charge in [0.15, 0.2) is 0 Å². The van der Waals surface area contributed by atoms with E-state index in [0.29, 0.717) is 24.9 Å². The Morgan fingerprint density at radius 1 is 1.53 bits per heavy atom. The van der Waals surface area contributed by atoms with Crippen molar-refractivity contribution in [2.45, 2.75) is 31.7 Å². The predicted octanol–water partition coefficient (Wildman–Crippen LogP) is 0.395. The van der Waals surface area contributed by atoms with E-state index in [4.69, 9.17) is 19.7 Å². The fourth-order valence-corrected chi connectivity index (χ4v) is 1.65. The summed E-state index contributed by atoms with van der Waals surface area (Å²) in [5.74, 6) is 1.07. The third-order valence-corrected chi connectivity index (χ3v) is 2.41. The van der Waals surface area contributed by atoms with Gasteiger partial charge in [0.25, 0.3) is 5.89 Å². The Kier molecular flexibility index (Phi) is 3.30. The van der Waals surface area contributed by atoms with Crippen LogP contribution < -0.4 is 5.73 Å². The van der Waals surface area contributed by atoms with E-state index in [0.717, 1.165) is 12.8 Å². The van der Waals surface area contributed by atoms with E-state index in [1.54, 1.807) is 7.11 Å². The summed E-state index contributed by atoms with van der Waals surface area (Å²) in [5, 5.41) is 3.85. The fraction of sp³-hybridized carbons (Fsp3) is 0.778. The van der Waals surface area contributed by atoms with Crippen molar-refractivity contribution in [2.24, 2.45) is 5.73 Å². The zero-order valence-electron chi connectivity index (χ0n) is 8.68. The Balaban J connectivity index is 1.97. The van der Waals surface area contributed by atoms with E-state index >= 15 is 0 Å². The van der Waals surface area contributed by atoms with E-state index in [-0.39, 0.29) is 12.2 Å². The first-order valence-electron chi connectivity index (χ1n) is 5.00. The minimum absolute atomic E-state index is 0.0760. The lowest BCUT2D eigenvalue weighted by atomic mass is 10.2. The molecule has 2 rings (SSSR count). The largest absolute Gasteiger partial charge is 0.375 e. The zero-order valence-corrected chi connectivity index (χ0v) is 8.68. The van der Waals surface area contributed by atoms with Crippen molar-refractivity contribution in [1.82, 2.24) is 10.1 Å². The number of methoxy groups -OCH3 is 1. The molecule has 1 fully saturated rings. The SMILES string of the molecule is COCc1nc(C2CCC(CN)O2)no1. The van der Waals surface area contributed by atoms with Crippen LogP contribution in [0.25, 0.3) is 0 Å². The van der Waals surface area contributed by atoms with Crippen LogP contribution in [0.1, 0.15) is 30.7 Å². The molecule has 6 nitrogen and oxygen atoms in total. The average Bonchev–Trinajstić information content (AvgIpc) is 2.85. The van der Waals surface area contributed by atoms with Gasteiger partial charge in [-0.3, -0.25) is 0 Å². The summed E-state index contributed by atoms with van der Waals surface area (Å²) in [6.45, 7) is 0.874. The maximum Gasteiger partial charge on any atom is 0.252 e. The summed E-state index contributed by atoms with van der Waals surface area (Å²) in [6.07, 6.45) is 1.90. The second-order valence-electron chi connectivity index (χ2n) is 3.54. The number of nitrogens with two attached hydrogens (primary N) is 1. The molecule has 2 atom stereocenters. The number of nitrogens with zero attached hydrogens (tertiary/aromatic N) is 2. The first-order chi connectivity index (χ1) is 7.33. The van der Waals surface area contributed by atoms with Crippen LogP contribution in [-0.2, 0) is 16.1 Å². The molecule has 1 aliphatic heterocycles. The molecule has 0 aliphatic carbocycles. The molecule has 2 N–H and O–H groups in total. The monoisotopic (exact) mass is 213 g/mol. The molecule has 2 heterocycles. The van der Waals surface area contributed by atoms with Crippen molar-refractivity contribution in [2.75, 3.05) is 13.7 Å². The van der Waals surface area contributed by atoms with Gasteiger partial charge in [0.1, 0.15) is 12.7 Å². The molecule has 0 spiro atoms. The summed E-state index contributed by atoms with van der Waals surface area (Å²) < 4.78 is 15.5. The molecule has 6 heteroatoms. The van der Waals surface area contributed by atoms with Crippen molar-refractivity contribution in [3.63, 3.8) is 0 Å². The highest BCUT2D eigenvalue weighted by Crippen LogP contribution is 2.30. The molecule has 1 aliphatic rings. The molecular formula is C9H15N3O3.